The van der Waals surface area contributed by atoms with Crippen LogP contribution in [0.2, 0.25) is 0 Å². The van der Waals surface area contributed by atoms with Crippen LogP contribution >= 0.6 is 0 Å². The van der Waals surface area contributed by atoms with E-state index in [1.165, 1.54) is 0 Å². The second-order valence-electron chi connectivity index (χ2n) is 7.83. The molecular weight excluding hydrogens is 382 g/mol. The molecule has 3 aromatic rings. The first-order chi connectivity index (χ1) is 14.4. The zero-order valence-corrected chi connectivity index (χ0v) is 17.1. The van der Waals surface area contributed by atoms with Crippen molar-refractivity contribution in [3.05, 3.63) is 43.0 Å². The number of piperidine rings is 1. The number of hydrogen-bond acceptors (Lipinski definition) is 5. The van der Waals surface area contributed by atoms with Crippen molar-refractivity contribution in [3.63, 3.8) is 0 Å². The van der Waals surface area contributed by atoms with Gasteiger partial charge in [-0.2, -0.15) is 0 Å². The van der Waals surface area contributed by atoms with Gasteiger partial charge in [-0.05, 0) is 50.4 Å². The van der Waals surface area contributed by atoms with E-state index in [1.807, 2.05) is 40.9 Å². The summed E-state index contributed by atoms with van der Waals surface area (Å²) in [6, 6.07) is 7.47. The van der Waals surface area contributed by atoms with Gasteiger partial charge in [0.1, 0.15) is 11.9 Å². The molecule has 8 nitrogen and oxygen atoms in total. The highest BCUT2D eigenvalue weighted by molar-refractivity contribution is 5.95. The summed E-state index contributed by atoms with van der Waals surface area (Å²) in [6.45, 7) is 2.89. The average molecular weight is 407 g/mol. The maximum absolute atomic E-state index is 12.7. The van der Waals surface area contributed by atoms with E-state index in [9.17, 15) is 9.59 Å². The fourth-order valence-corrected chi connectivity index (χ4v) is 3.94. The van der Waals surface area contributed by atoms with Gasteiger partial charge in [-0.25, -0.2) is 9.97 Å². The van der Waals surface area contributed by atoms with Crippen molar-refractivity contribution in [1.29, 1.82) is 0 Å². The molecule has 0 saturated carbocycles. The third kappa shape index (κ3) is 4.04. The molecule has 2 N–H and O–H groups in total. The number of aromatic nitrogens is 3. The smallest absolute Gasteiger partial charge is 0.320 e. The Morgan fingerprint density at radius 1 is 1.17 bits per heavy atom. The fraction of sp³-hybridized carbons (Fsp3) is 0.364. The van der Waals surface area contributed by atoms with Gasteiger partial charge in [-0.3, -0.25) is 14.5 Å². The van der Waals surface area contributed by atoms with Gasteiger partial charge in [0.2, 0.25) is 5.91 Å². The Balaban J connectivity index is 1.45. The van der Waals surface area contributed by atoms with Gasteiger partial charge in [0.05, 0.1) is 18.2 Å². The highest BCUT2D eigenvalue weighted by Crippen LogP contribution is 2.26. The summed E-state index contributed by atoms with van der Waals surface area (Å²) in [7, 11) is 1.95. The lowest BCUT2D eigenvalue weighted by Crippen LogP contribution is -2.45. The van der Waals surface area contributed by atoms with Crippen molar-refractivity contribution in [2.75, 3.05) is 18.4 Å². The third-order valence-corrected chi connectivity index (χ3v) is 5.89. The number of nitrogens with zero attached hydrogens (tertiary/aromatic N) is 4. The number of anilines is 1. The quantitative estimate of drug-likeness (QED) is 0.675. The van der Waals surface area contributed by atoms with E-state index in [0.29, 0.717) is 31.7 Å². The number of aryl methyl sites for hydroxylation is 1. The molecule has 4 rings (SSSR count). The van der Waals surface area contributed by atoms with Crippen LogP contribution in [0.4, 0.5) is 5.82 Å². The van der Waals surface area contributed by atoms with Crippen LogP contribution < -0.4 is 5.32 Å². The predicted molar refractivity (Wildman–Crippen MR) is 114 cm³/mol. The van der Waals surface area contributed by atoms with Crippen LogP contribution in [0.5, 0.6) is 0 Å². The topological polar surface area (TPSA) is 100 Å². The zero-order valence-electron chi connectivity index (χ0n) is 17.1. The van der Waals surface area contributed by atoms with Crippen molar-refractivity contribution in [2.45, 2.75) is 25.8 Å². The van der Waals surface area contributed by atoms with Gasteiger partial charge in [0.15, 0.2) is 0 Å². The van der Waals surface area contributed by atoms with E-state index in [2.05, 4.69) is 21.4 Å². The number of hydrogen-bond donors (Lipinski definition) is 2. The Labute approximate surface area is 174 Å². The summed E-state index contributed by atoms with van der Waals surface area (Å²) in [5.41, 5.74) is 2.06. The van der Waals surface area contributed by atoms with Crippen molar-refractivity contribution >= 4 is 28.5 Å². The monoisotopic (exact) mass is 407 g/mol. The third-order valence-electron chi connectivity index (χ3n) is 5.89. The van der Waals surface area contributed by atoms with E-state index in [4.69, 9.17) is 5.11 Å². The van der Waals surface area contributed by atoms with Crippen LogP contribution in [0.25, 0.3) is 22.0 Å². The van der Waals surface area contributed by atoms with Crippen LogP contribution in [0.1, 0.15) is 19.8 Å². The van der Waals surface area contributed by atoms with Crippen molar-refractivity contribution in [1.82, 2.24) is 19.4 Å². The summed E-state index contributed by atoms with van der Waals surface area (Å²) in [4.78, 5) is 34.3. The number of fused-ring (bicyclic) bond motifs is 1. The minimum Gasteiger partial charge on any atom is -0.480 e. The van der Waals surface area contributed by atoms with Crippen LogP contribution in [0.15, 0.2) is 43.0 Å². The number of rotatable bonds is 5. The normalized spacial score (nSPS) is 16.5. The number of carbonyl (C=O) groups is 2. The summed E-state index contributed by atoms with van der Waals surface area (Å²) in [5, 5.41) is 14.1. The maximum Gasteiger partial charge on any atom is 0.320 e. The number of carbonyl (C=O) groups excluding carboxylic acids is 1. The molecule has 2 aromatic heterocycles. The second kappa shape index (κ2) is 8.23. The molecule has 0 radical (unpaired) electrons. The maximum atomic E-state index is 12.7. The van der Waals surface area contributed by atoms with E-state index in [1.54, 1.807) is 19.4 Å². The van der Waals surface area contributed by atoms with Gasteiger partial charge >= 0.3 is 5.97 Å². The van der Waals surface area contributed by atoms with Gasteiger partial charge in [0, 0.05) is 30.1 Å². The molecule has 0 spiro atoms. The second-order valence-corrected chi connectivity index (χ2v) is 7.83. The predicted octanol–water partition coefficient (Wildman–Crippen LogP) is 2.76. The van der Waals surface area contributed by atoms with E-state index >= 15 is 0 Å². The van der Waals surface area contributed by atoms with Crippen LogP contribution in [0.3, 0.4) is 0 Å². The number of amides is 1. The lowest BCUT2D eigenvalue weighted by atomic mass is 9.95. The minimum absolute atomic E-state index is 0.0627. The Bertz CT molecular complexity index is 1090. The zero-order chi connectivity index (χ0) is 21.3. The number of carboxylic acids is 1. The number of likely N-dealkylation sites (tertiary alicyclic amines) is 1. The molecule has 1 aromatic carbocycles. The molecule has 30 heavy (non-hydrogen) atoms. The molecule has 1 unspecified atom stereocenters. The van der Waals surface area contributed by atoms with E-state index in [-0.39, 0.29) is 11.8 Å². The van der Waals surface area contributed by atoms with Gasteiger partial charge < -0.3 is 15.0 Å². The Morgan fingerprint density at radius 3 is 2.60 bits per heavy atom. The first kappa shape index (κ1) is 20.0. The number of benzene rings is 1. The molecule has 0 aliphatic carbocycles. The van der Waals surface area contributed by atoms with Crippen molar-refractivity contribution in [3.8, 4) is 11.3 Å². The standard InChI is InChI=1S/C22H25N5O3/c1-14(22(29)30)27-7-5-15(6-8-27)21(28)25-20-10-18-9-16(3-4-17(18)11-24-20)19-12-23-13-26(19)2/h3-4,9-15H,5-8H2,1-2H3,(H,29,30)(H,24,25,28). The summed E-state index contributed by atoms with van der Waals surface area (Å²) < 4.78 is 1.96. The van der Waals surface area contributed by atoms with Gasteiger partial charge in [-0.15, -0.1) is 0 Å². The van der Waals surface area contributed by atoms with Crippen molar-refractivity contribution < 1.29 is 14.7 Å². The van der Waals surface area contributed by atoms with Gasteiger partial charge in [-0.1, -0.05) is 12.1 Å². The number of nitrogens with one attached hydrogen (secondary N) is 1. The van der Waals surface area contributed by atoms with Crippen LogP contribution in [0, 0.1) is 5.92 Å². The highest BCUT2D eigenvalue weighted by Gasteiger charge is 2.29. The first-order valence-corrected chi connectivity index (χ1v) is 10.1. The average Bonchev–Trinajstić information content (AvgIpc) is 3.18. The number of carboxylic acid groups (broad SMARTS) is 1. The largest absolute Gasteiger partial charge is 0.480 e. The Morgan fingerprint density at radius 2 is 1.93 bits per heavy atom. The first-order valence-electron chi connectivity index (χ1n) is 10.1. The van der Waals surface area contributed by atoms with Crippen LogP contribution in [-0.2, 0) is 16.6 Å². The number of imidazole rings is 1. The molecule has 1 amide bonds. The van der Waals surface area contributed by atoms with E-state index < -0.39 is 12.0 Å². The summed E-state index contributed by atoms with van der Waals surface area (Å²) >= 11 is 0. The summed E-state index contributed by atoms with van der Waals surface area (Å²) in [6.07, 6.45) is 6.63. The Kier molecular flexibility index (Phi) is 5.50. The molecule has 0 bridgehead atoms. The van der Waals surface area contributed by atoms with Crippen molar-refractivity contribution in [2.24, 2.45) is 13.0 Å². The lowest BCUT2D eigenvalue weighted by molar-refractivity contribution is -0.143. The molecule has 8 heteroatoms. The fourth-order valence-electron chi connectivity index (χ4n) is 3.94. The number of pyridine rings is 1. The minimum atomic E-state index is -0.830. The molecule has 1 fully saturated rings. The SMILES string of the molecule is CC(C(=O)O)N1CCC(C(=O)Nc2cc3cc(-c4cncn4C)ccc3cn2)CC1. The highest BCUT2D eigenvalue weighted by atomic mass is 16.4. The molecule has 1 aliphatic heterocycles. The Hall–Kier alpha value is -3.26. The molecule has 1 atom stereocenters. The molecule has 1 aliphatic rings. The molecule has 156 valence electrons. The van der Waals surface area contributed by atoms with E-state index in [0.717, 1.165) is 22.0 Å². The number of aliphatic carboxylic acids is 1. The molecular formula is C22H25N5O3. The lowest BCUT2D eigenvalue weighted by Gasteiger charge is -2.33. The summed E-state index contributed by atoms with van der Waals surface area (Å²) in [5.74, 6) is -0.507. The van der Waals surface area contributed by atoms with Gasteiger partial charge in [0.25, 0.3) is 0 Å². The molecule has 1 saturated heterocycles. The van der Waals surface area contributed by atoms with Crippen LogP contribution in [-0.4, -0.2) is 55.5 Å². The molecule has 3 heterocycles.